The summed E-state index contributed by atoms with van der Waals surface area (Å²) in [7, 11) is -16.7. The molecule has 4 atom stereocenters. The molecule has 2 unspecified atom stereocenters. The Morgan fingerprint density at radius 1 is 0.955 bits per heavy atom. The monoisotopic (exact) mass is 390 g/mol. The molecule has 0 aromatic rings. The molecule has 17 heteroatoms. The number of aliphatic hydroxyl groups excluding tert-OH is 3. The minimum atomic E-state index is -5.71. The Labute approximate surface area is 122 Å². The summed E-state index contributed by atoms with van der Waals surface area (Å²) in [5.41, 5.74) is 0. The van der Waals surface area contributed by atoms with E-state index in [0.29, 0.717) is 0 Å². The summed E-state index contributed by atoms with van der Waals surface area (Å²) >= 11 is 0. The van der Waals surface area contributed by atoms with E-state index >= 15 is 0 Å². The van der Waals surface area contributed by atoms with Crippen LogP contribution in [0.1, 0.15) is 0 Å². The SMILES string of the molecule is O=C(COP(=O)(O)OP(=O)(O)OP(=O)(O)O)[C@@H](O)[C@@H](O)CO. The Hall–Kier alpha value is -0.0400. The molecule has 0 aliphatic carbocycles. The van der Waals surface area contributed by atoms with E-state index in [2.05, 4.69) is 13.1 Å². The van der Waals surface area contributed by atoms with Crippen molar-refractivity contribution in [1.29, 1.82) is 0 Å². The average molecular weight is 390 g/mol. The van der Waals surface area contributed by atoms with Crippen LogP contribution in [0, 0.1) is 0 Å². The molecular weight excluding hydrogens is 377 g/mol. The number of phosphoric ester groups is 1. The van der Waals surface area contributed by atoms with E-state index in [0.717, 1.165) is 0 Å². The van der Waals surface area contributed by atoms with Gasteiger partial charge < -0.3 is 34.9 Å². The first kappa shape index (κ1) is 22.0. The molecule has 0 aromatic heterocycles. The third-order valence-electron chi connectivity index (χ3n) is 1.67. The van der Waals surface area contributed by atoms with E-state index in [-0.39, 0.29) is 0 Å². The Morgan fingerprint density at radius 3 is 1.86 bits per heavy atom. The van der Waals surface area contributed by atoms with Gasteiger partial charge in [0.15, 0.2) is 5.78 Å². The summed E-state index contributed by atoms with van der Waals surface area (Å²) in [6, 6.07) is 0. The molecular formula is C5H13O14P3. The minimum Gasteiger partial charge on any atom is -0.394 e. The van der Waals surface area contributed by atoms with Gasteiger partial charge >= 0.3 is 23.5 Å². The van der Waals surface area contributed by atoms with Crippen LogP contribution in [0.4, 0.5) is 0 Å². The fourth-order valence-corrected chi connectivity index (χ4v) is 3.83. The van der Waals surface area contributed by atoms with Gasteiger partial charge in [0, 0.05) is 0 Å². The lowest BCUT2D eigenvalue weighted by Gasteiger charge is -2.17. The third kappa shape index (κ3) is 9.18. The number of hydrogen-bond acceptors (Lipinski definition) is 10. The van der Waals surface area contributed by atoms with Crippen molar-refractivity contribution >= 4 is 29.3 Å². The number of carbonyl (C=O) groups is 1. The van der Waals surface area contributed by atoms with Crippen molar-refractivity contribution in [3.8, 4) is 0 Å². The lowest BCUT2D eigenvalue weighted by molar-refractivity contribution is -0.137. The molecule has 0 aliphatic rings. The molecule has 7 N–H and O–H groups in total. The molecule has 0 fully saturated rings. The van der Waals surface area contributed by atoms with Crippen LogP contribution >= 0.6 is 23.5 Å². The van der Waals surface area contributed by atoms with Crippen molar-refractivity contribution in [2.75, 3.05) is 13.2 Å². The first-order chi connectivity index (χ1) is 9.69. The lowest BCUT2D eigenvalue weighted by Crippen LogP contribution is -2.38. The highest BCUT2D eigenvalue weighted by atomic mass is 31.3. The minimum absolute atomic E-state index is 1.01. The van der Waals surface area contributed by atoms with Crippen molar-refractivity contribution in [3.05, 3.63) is 0 Å². The average Bonchev–Trinajstić information content (AvgIpc) is 2.29. The summed E-state index contributed by atoms with van der Waals surface area (Å²) in [5, 5.41) is 26.4. The highest BCUT2D eigenvalue weighted by Crippen LogP contribution is 2.66. The molecule has 132 valence electrons. The van der Waals surface area contributed by atoms with Gasteiger partial charge in [-0.3, -0.25) is 9.32 Å². The summed E-state index contributed by atoms with van der Waals surface area (Å²) in [6.45, 7) is -2.41. The maximum atomic E-state index is 11.2. The van der Waals surface area contributed by atoms with Crippen molar-refractivity contribution < 1.29 is 66.5 Å². The van der Waals surface area contributed by atoms with Crippen molar-refractivity contribution in [2.24, 2.45) is 0 Å². The zero-order valence-corrected chi connectivity index (χ0v) is 13.1. The standard InChI is InChI=1S/C5H13O14P3/c6-1-3(7)5(9)4(8)2-17-21(13,14)19-22(15,16)18-20(10,11)12/h3,5-7,9H,1-2H2,(H,13,14)(H,15,16)(H2,10,11,12)/t3-,5-/m0/s1. The molecule has 0 spiro atoms. The van der Waals surface area contributed by atoms with Crippen molar-refractivity contribution in [3.63, 3.8) is 0 Å². The van der Waals surface area contributed by atoms with Crippen LogP contribution in [-0.4, -0.2) is 66.1 Å². The van der Waals surface area contributed by atoms with Crippen LogP contribution in [0.25, 0.3) is 0 Å². The van der Waals surface area contributed by atoms with Crippen molar-refractivity contribution in [1.82, 2.24) is 0 Å². The molecule has 0 rings (SSSR count). The van der Waals surface area contributed by atoms with Gasteiger partial charge in [0.05, 0.1) is 6.61 Å². The first-order valence-electron chi connectivity index (χ1n) is 4.97. The van der Waals surface area contributed by atoms with Gasteiger partial charge in [0.2, 0.25) is 0 Å². The van der Waals surface area contributed by atoms with Crippen LogP contribution in [0.15, 0.2) is 0 Å². The smallest absolute Gasteiger partial charge is 0.394 e. The van der Waals surface area contributed by atoms with E-state index < -0.39 is 54.7 Å². The molecule has 0 heterocycles. The normalized spacial score (nSPS) is 20.7. The molecule has 0 aromatic carbocycles. The Morgan fingerprint density at radius 2 is 1.45 bits per heavy atom. The van der Waals surface area contributed by atoms with Crippen LogP contribution < -0.4 is 0 Å². The quantitative estimate of drug-likeness (QED) is 0.193. The van der Waals surface area contributed by atoms with E-state index in [9.17, 15) is 18.5 Å². The topological polar surface area (TPSA) is 238 Å². The summed E-state index contributed by atoms with van der Waals surface area (Å²) in [6.07, 6.45) is -4.09. The molecule has 22 heavy (non-hydrogen) atoms. The maximum Gasteiger partial charge on any atom is 0.490 e. The van der Waals surface area contributed by atoms with Crippen LogP contribution in [-0.2, 0) is 31.6 Å². The second kappa shape index (κ2) is 8.18. The van der Waals surface area contributed by atoms with Crippen LogP contribution in [0.2, 0.25) is 0 Å². The summed E-state index contributed by atoms with van der Waals surface area (Å²) in [4.78, 5) is 45.4. The molecule has 0 radical (unpaired) electrons. The number of ketones is 1. The highest BCUT2D eigenvalue weighted by Gasteiger charge is 2.41. The zero-order chi connectivity index (χ0) is 17.8. The molecule has 0 saturated carbocycles. The largest absolute Gasteiger partial charge is 0.490 e. The number of rotatable bonds is 10. The maximum absolute atomic E-state index is 11.2. The molecule has 0 bridgehead atoms. The summed E-state index contributed by atoms with van der Waals surface area (Å²) < 4.78 is 43.0. The van der Waals surface area contributed by atoms with Gasteiger partial charge in [-0.1, -0.05) is 0 Å². The predicted octanol–water partition coefficient (Wildman–Crippen LogP) is -2.39. The second-order valence-corrected chi connectivity index (χ2v) is 7.95. The number of hydrogen-bond donors (Lipinski definition) is 7. The molecule has 0 amide bonds. The van der Waals surface area contributed by atoms with Gasteiger partial charge in [0.1, 0.15) is 18.8 Å². The summed E-state index contributed by atoms with van der Waals surface area (Å²) in [5.74, 6) is -1.40. The third-order valence-corrected chi connectivity index (χ3v) is 5.45. The Bertz CT molecular complexity index is 523. The molecule has 14 nitrogen and oxygen atoms in total. The lowest BCUT2D eigenvalue weighted by atomic mass is 10.1. The highest BCUT2D eigenvalue weighted by molar-refractivity contribution is 7.66. The fraction of sp³-hybridized carbons (Fsp3) is 0.800. The number of carbonyl (C=O) groups excluding carboxylic acids is 1. The van der Waals surface area contributed by atoms with Gasteiger partial charge in [-0.2, -0.15) is 8.62 Å². The Balaban J connectivity index is 4.66. The second-order valence-electron chi connectivity index (χ2n) is 3.53. The molecule has 0 aliphatic heterocycles. The van der Waals surface area contributed by atoms with E-state index in [1.54, 1.807) is 0 Å². The first-order valence-corrected chi connectivity index (χ1v) is 9.49. The van der Waals surface area contributed by atoms with Crippen LogP contribution in [0.3, 0.4) is 0 Å². The fourth-order valence-electron chi connectivity index (χ4n) is 0.848. The van der Waals surface area contributed by atoms with Gasteiger partial charge in [-0.15, -0.1) is 0 Å². The van der Waals surface area contributed by atoms with Crippen LogP contribution in [0.5, 0.6) is 0 Å². The zero-order valence-electron chi connectivity index (χ0n) is 10.4. The molecule has 0 saturated heterocycles. The predicted molar refractivity (Wildman–Crippen MR) is 63.9 cm³/mol. The van der Waals surface area contributed by atoms with Crippen molar-refractivity contribution in [2.45, 2.75) is 12.2 Å². The van der Waals surface area contributed by atoms with Gasteiger partial charge in [-0.25, -0.2) is 13.7 Å². The number of aliphatic hydroxyl groups is 3. The van der Waals surface area contributed by atoms with E-state index in [1.807, 2.05) is 0 Å². The van der Waals surface area contributed by atoms with E-state index in [1.165, 1.54) is 0 Å². The number of phosphoric acid groups is 3. The van der Waals surface area contributed by atoms with E-state index in [4.69, 9.17) is 34.9 Å². The van der Waals surface area contributed by atoms with Gasteiger partial charge in [-0.05, 0) is 0 Å². The van der Waals surface area contributed by atoms with Gasteiger partial charge in [0.25, 0.3) is 0 Å². The number of Topliss-reactive ketones (excluding diaryl/α,β-unsaturated/α-hetero) is 1. The Kier molecular flexibility index (Phi) is 8.16.